The lowest BCUT2D eigenvalue weighted by molar-refractivity contribution is 0.606. The summed E-state index contributed by atoms with van der Waals surface area (Å²) in [6, 6.07) is 8.27. The Labute approximate surface area is 123 Å². The molecule has 0 N–H and O–H groups in total. The molecule has 0 aliphatic heterocycles. The van der Waals surface area contributed by atoms with Gasteiger partial charge in [0.2, 0.25) is 0 Å². The summed E-state index contributed by atoms with van der Waals surface area (Å²) in [6.07, 6.45) is 1.47. The van der Waals surface area contributed by atoms with E-state index in [-0.39, 0.29) is 5.03 Å². The van der Waals surface area contributed by atoms with Gasteiger partial charge >= 0.3 is 0 Å². The Bertz CT molecular complexity index is 703. The predicted octanol–water partition coefficient (Wildman–Crippen LogP) is 3.29. The van der Waals surface area contributed by atoms with Gasteiger partial charge in [-0.05, 0) is 24.0 Å². The number of benzene rings is 1. The topological polar surface area (TPSA) is 52.0 Å². The molecule has 0 saturated heterocycles. The monoisotopic (exact) mass is 312 g/mol. The van der Waals surface area contributed by atoms with Crippen molar-refractivity contribution in [2.24, 2.45) is 0 Å². The summed E-state index contributed by atoms with van der Waals surface area (Å²) in [5.41, 5.74) is 2.37. The summed E-state index contributed by atoms with van der Waals surface area (Å²) >= 11 is 0. The molecule has 0 saturated carbocycles. The third-order valence-corrected chi connectivity index (χ3v) is 4.37. The van der Waals surface area contributed by atoms with Gasteiger partial charge in [0.15, 0.2) is 5.03 Å². The summed E-state index contributed by atoms with van der Waals surface area (Å²) in [5.74, 6) is 1.11. The predicted molar refractivity (Wildman–Crippen MR) is 79.6 cm³/mol. The first kappa shape index (κ1) is 15.1. The van der Waals surface area contributed by atoms with E-state index in [0.29, 0.717) is 18.3 Å². The number of hydrogen-bond acceptors (Lipinski definition) is 3. The Morgan fingerprint density at radius 3 is 2.30 bits per heavy atom. The standard InChI is InChI=1S/C14H17ClN2O2S/c1-10(2)13-6-4-12(5-7-13)8-17-9-14(16-11(17)3)20(15,18)19/h4-7,9-10H,8H2,1-3H3. The maximum atomic E-state index is 11.3. The van der Waals surface area contributed by atoms with Gasteiger partial charge in [-0.2, -0.15) is 0 Å². The highest BCUT2D eigenvalue weighted by molar-refractivity contribution is 8.13. The van der Waals surface area contributed by atoms with Gasteiger partial charge in [-0.25, -0.2) is 13.4 Å². The van der Waals surface area contributed by atoms with E-state index in [0.717, 1.165) is 5.56 Å². The molecule has 2 rings (SSSR count). The third-order valence-electron chi connectivity index (χ3n) is 3.20. The van der Waals surface area contributed by atoms with Crippen molar-refractivity contribution in [2.45, 2.75) is 38.3 Å². The molecule has 0 radical (unpaired) electrons. The first-order chi connectivity index (χ1) is 9.27. The number of nitrogens with zero attached hydrogens (tertiary/aromatic N) is 2. The van der Waals surface area contributed by atoms with Crippen LogP contribution in [0.2, 0.25) is 0 Å². The minimum atomic E-state index is -3.77. The Balaban J connectivity index is 2.24. The summed E-state index contributed by atoms with van der Waals surface area (Å²) in [7, 11) is 1.52. The van der Waals surface area contributed by atoms with Gasteiger partial charge < -0.3 is 4.57 Å². The van der Waals surface area contributed by atoms with Gasteiger partial charge in [0.25, 0.3) is 9.05 Å². The molecular weight excluding hydrogens is 296 g/mol. The highest BCUT2D eigenvalue weighted by Gasteiger charge is 2.16. The van der Waals surface area contributed by atoms with Crippen molar-refractivity contribution >= 4 is 19.7 Å². The lowest BCUT2D eigenvalue weighted by Gasteiger charge is -2.08. The van der Waals surface area contributed by atoms with E-state index in [1.165, 1.54) is 11.8 Å². The van der Waals surface area contributed by atoms with Crippen LogP contribution in [0.3, 0.4) is 0 Å². The highest BCUT2D eigenvalue weighted by atomic mass is 35.7. The van der Waals surface area contributed by atoms with Crippen LogP contribution in [0.25, 0.3) is 0 Å². The van der Waals surface area contributed by atoms with Crippen molar-refractivity contribution in [3.63, 3.8) is 0 Å². The smallest absolute Gasteiger partial charge is 0.280 e. The van der Waals surface area contributed by atoms with E-state index in [2.05, 4.69) is 31.0 Å². The molecule has 2 aromatic rings. The molecule has 0 amide bonds. The zero-order valence-corrected chi connectivity index (χ0v) is 13.2. The number of aromatic nitrogens is 2. The Morgan fingerprint density at radius 2 is 1.85 bits per heavy atom. The molecule has 1 aromatic heterocycles. The van der Waals surface area contributed by atoms with E-state index < -0.39 is 9.05 Å². The lowest BCUT2D eigenvalue weighted by atomic mass is 10.0. The zero-order valence-electron chi connectivity index (χ0n) is 11.7. The molecule has 20 heavy (non-hydrogen) atoms. The van der Waals surface area contributed by atoms with E-state index in [1.807, 2.05) is 12.1 Å². The quantitative estimate of drug-likeness (QED) is 0.814. The molecule has 4 nitrogen and oxygen atoms in total. The maximum Gasteiger partial charge on any atom is 0.280 e. The van der Waals surface area contributed by atoms with Crippen molar-refractivity contribution in [3.8, 4) is 0 Å². The third kappa shape index (κ3) is 3.41. The van der Waals surface area contributed by atoms with E-state index >= 15 is 0 Å². The Morgan fingerprint density at radius 1 is 1.25 bits per heavy atom. The number of rotatable bonds is 4. The number of imidazole rings is 1. The van der Waals surface area contributed by atoms with Gasteiger partial charge in [0.1, 0.15) is 5.82 Å². The van der Waals surface area contributed by atoms with Crippen LogP contribution in [0, 0.1) is 6.92 Å². The van der Waals surface area contributed by atoms with Crippen molar-refractivity contribution in [1.82, 2.24) is 9.55 Å². The van der Waals surface area contributed by atoms with Gasteiger partial charge in [-0.3, -0.25) is 0 Å². The molecule has 0 fully saturated rings. The molecule has 0 aliphatic carbocycles. The van der Waals surface area contributed by atoms with Crippen molar-refractivity contribution < 1.29 is 8.42 Å². The average Bonchev–Trinajstić information content (AvgIpc) is 2.71. The maximum absolute atomic E-state index is 11.3. The molecule has 1 aromatic carbocycles. The van der Waals surface area contributed by atoms with Gasteiger partial charge in [-0.1, -0.05) is 38.1 Å². The van der Waals surface area contributed by atoms with E-state index in [9.17, 15) is 8.42 Å². The molecule has 0 bridgehead atoms. The molecule has 0 aliphatic rings. The number of halogens is 1. The van der Waals surface area contributed by atoms with Crippen molar-refractivity contribution in [2.75, 3.05) is 0 Å². The molecule has 6 heteroatoms. The lowest BCUT2D eigenvalue weighted by Crippen LogP contribution is -2.01. The summed E-state index contributed by atoms with van der Waals surface area (Å²) in [6.45, 7) is 6.62. The first-order valence-corrected chi connectivity index (χ1v) is 8.65. The van der Waals surface area contributed by atoms with Crippen LogP contribution in [0.4, 0.5) is 0 Å². The van der Waals surface area contributed by atoms with Gasteiger partial charge in [-0.15, -0.1) is 0 Å². The van der Waals surface area contributed by atoms with Crippen LogP contribution >= 0.6 is 10.7 Å². The van der Waals surface area contributed by atoms with Gasteiger partial charge in [0, 0.05) is 23.4 Å². The normalized spacial score (nSPS) is 12.1. The fourth-order valence-corrected chi connectivity index (χ4v) is 2.68. The summed E-state index contributed by atoms with van der Waals surface area (Å²) in [5, 5.41) is -0.101. The first-order valence-electron chi connectivity index (χ1n) is 6.34. The molecule has 1 heterocycles. The minimum Gasteiger partial charge on any atom is -0.329 e. The van der Waals surface area contributed by atoms with Gasteiger partial charge in [0.05, 0.1) is 0 Å². The summed E-state index contributed by atoms with van der Waals surface area (Å²) < 4.78 is 24.3. The van der Waals surface area contributed by atoms with Crippen molar-refractivity contribution in [1.29, 1.82) is 0 Å². The van der Waals surface area contributed by atoms with E-state index in [4.69, 9.17) is 10.7 Å². The minimum absolute atomic E-state index is 0.101. The molecular formula is C14H17ClN2O2S. The summed E-state index contributed by atoms with van der Waals surface area (Å²) in [4.78, 5) is 3.97. The molecule has 108 valence electrons. The largest absolute Gasteiger partial charge is 0.329 e. The fourth-order valence-electron chi connectivity index (χ4n) is 1.96. The van der Waals surface area contributed by atoms with Crippen LogP contribution in [0.15, 0.2) is 35.5 Å². The molecule has 0 atom stereocenters. The molecule has 0 spiro atoms. The van der Waals surface area contributed by atoms with Crippen molar-refractivity contribution in [3.05, 3.63) is 47.4 Å². The van der Waals surface area contributed by atoms with Crippen LogP contribution in [-0.2, 0) is 15.6 Å². The number of aryl methyl sites for hydroxylation is 1. The average molecular weight is 313 g/mol. The van der Waals surface area contributed by atoms with Crippen LogP contribution in [0.5, 0.6) is 0 Å². The van der Waals surface area contributed by atoms with Crippen LogP contribution in [0.1, 0.15) is 36.7 Å². The highest BCUT2D eigenvalue weighted by Crippen LogP contribution is 2.18. The van der Waals surface area contributed by atoms with E-state index in [1.54, 1.807) is 11.5 Å². The second kappa shape index (κ2) is 5.58. The SMILES string of the molecule is Cc1nc(S(=O)(=O)Cl)cn1Cc1ccc(C(C)C)cc1. The molecule has 0 unspecified atom stereocenters. The fraction of sp³-hybridized carbons (Fsp3) is 0.357. The second-order valence-corrected chi connectivity index (χ2v) is 7.60. The number of hydrogen-bond donors (Lipinski definition) is 0. The Kier molecular flexibility index (Phi) is 4.20. The van der Waals surface area contributed by atoms with Crippen LogP contribution in [-0.4, -0.2) is 18.0 Å². The van der Waals surface area contributed by atoms with Crippen LogP contribution < -0.4 is 0 Å². The Hall–Kier alpha value is -1.33. The zero-order chi connectivity index (χ0) is 14.9. The second-order valence-electron chi connectivity index (χ2n) is 5.09.